The summed E-state index contributed by atoms with van der Waals surface area (Å²) in [7, 11) is 0. The number of nitro benzene ring substituents is 5. The van der Waals surface area contributed by atoms with Crippen molar-refractivity contribution in [3.63, 3.8) is 0 Å². The van der Waals surface area contributed by atoms with Crippen molar-refractivity contribution in [3.8, 4) is 0 Å². The minimum atomic E-state index is -1.21. The van der Waals surface area contributed by atoms with E-state index in [1.807, 2.05) is 5.32 Å². The molecule has 2 aromatic carbocycles. The maximum Gasteiger partial charge on any atom is 0.306 e. The van der Waals surface area contributed by atoms with Crippen LogP contribution in [-0.4, -0.2) is 24.6 Å². The zero-order valence-corrected chi connectivity index (χ0v) is 13.2. The van der Waals surface area contributed by atoms with Crippen molar-refractivity contribution in [2.24, 2.45) is 0 Å². The molecule has 16 nitrogen and oxygen atoms in total. The van der Waals surface area contributed by atoms with E-state index < -0.39 is 64.4 Å². The van der Waals surface area contributed by atoms with E-state index in [4.69, 9.17) is 0 Å². The van der Waals surface area contributed by atoms with Crippen LogP contribution in [0.3, 0.4) is 0 Å². The largest absolute Gasteiger partial charge is 0.333 e. The van der Waals surface area contributed by atoms with Crippen molar-refractivity contribution >= 4 is 39.8 Å². The van der Waals surface area contributed by atoms with Gasteiger partial charge in [-0.2, -0.15) is 0 Å². The number of nitrogens with one attached hydrogen (secondary N) is 1. The Morgan fingerprint density at radius 3 is 1.25 bits per heavy atom. The highest BCUT2D eigenvalue weighted by molar-refractivity contribution is 5.87. The van der Waals surface area contributed by atoms with Crippen molar-refractivity contribution < 1.29 is 24.6 Å². The summed E-state index contributed by atoms with van der Waals surface area (Å²) in [6, 6.07) is 3.41. The zero-order chi connectivity index (χ0) is 21.2. The summed E-state index contributed by atoms with van der Waals surface area (Å²) in [5.74, 6) is 0. The molecule has 0 spiro atoms. The average Bonchev–Trinajstić information content (AvgIpc) is 2.60. The first-order valence-electron chi connectivity index (χ1n) is 6.84. The summed E-state index contributed by atoms with van der Waals surface area (Å²) >= 11 is 0. The molecule has 0 amide bonds. The zero-order valence-electron chi connectivity index (χ0n) is 13.2. The molecule has 0 aliphatic rings. The van der Waals surface area contributed by atoms with Crippen LogP contribution in [0, 0.1) is 50.6 Å². The van der Waals surface area contributed by atoms with Gasteiger partial charge < -0.3 is 5.32 Å². The molecule has 0 saturated heterocycles. The van der Waals surface area contributed by atoms with Gasteiger partial charge >= 0.3 is 11.4 Å². The molecular formula is C12H6N6O10. The quantitative estimate of drug-likeness (QED) is 0.529. The summed E-state index contributed by atoms with van der Waals surface area (Å²) in [6.07, 6.45) is 0. The third-order valence-electron chi connectivity index (χ3n) is 3.35. The van der Waals surface area contributed by atoms with Gasteiger partial charge in [0.25, 0.3) is 17.1 Å². The summed E-state index contributed by atoms with van der Waals surface area (Å²) in [6.45, 7) is 0. The molecule has 0 aromatic heterocycles. The molecule has 0 unspecified atom stereocenters. The molecular weight excluding hydrogens is 388 g/mol. The van der Waals surface area contributed by atoms with E-state index in [2.05, 4.69) is 0 Å². The third-order valence-corrected chi connectivity index (χ3v) is 3.35. The van der Waals surface area contributed by atoms with Gasteiger partial charge in [0, 0.05) is 12.1 Å². The lowest BCUT2D eigenvalue weighted by Crippen LogP contribution is -2.06. The Kier molecular flexibility index (Phi) is 5.05. The van der Waals surface area contributed by atoms with Gasteiger partial charge in [-0.3, -0.25) is 50.6 Å². The standard InChI is InChI=1S/C12H6N6O10/c19-14(20)6-4-9(17(25)26)12(10(5-6)18(27)28)13-11-7(15(21)22)2-1-3-8(11)16(23)24/h1-5,13H. The number of hydrogen-bond acceptors (Lipinski definition) is 11. The van der Waals surface area contributed by atoms with E-state index in [1.165, 1.54) is 0 Å². The van der Waals surface area contributed by atoms with Crippen LogP contribution in [0.1, 0.15) is 0 Å². The molecule has 0 fully saturated rings. The van der Waals surface area contributed by atoms with Crippen LogP contribution in [0.4, 0.5) is 39.8 Å². The summed E-state index contributed by atoms with van der Waals surface area (Å²) < 4.78 is 0. The predicted molar refractivity (Wildman–Crippen MR) is 89.4 cm³/mol. The van der Waals surface area contributed by atoms with E-state index >= 15 is 0 Å². The lowest BCUT2D eigenvalue weighted by Gasteiger charge is -2.09. The van der Waals surface area contributed by atoms with Crippen molar-refractivity contribution in [1.29, 1.82) is 0 Å². The second-order valence-corrected chi connectivity index (χ2v) is 4.94. The van der Waals surface area contributed by atoms with Gasteiger partial charge in [-0.05, 0) is 6.07 Å². The number of non-ortho nitro benzene ring substituents is 1. The Morgan fingerprint density at radius 1 is 0.571 bits per heavy atom. The van der Waals surface area contributed by atoms with Gasteiger partial charge in [0.05, 0.1) is 36.7 Å². The Morgan fingerprint density at radius 2 is 0.929 bits per heavy atom. The highest BCUT2D eigenvalue weighted by Crippen LogP contribution is 2.44. The predicted octanol–water partition coefficient (Wildman–Crippen LogP) is 2.97. The van der Waals surface area contributed by atoms with E-state index in [0.717, 1.165) is 18.2 Å². The maximum absolute atomic E-state index is 11.3. The smallest absolute Gasteiger partial charge is 0.306 e. The van der Waals surface area contributed by atoms with E-state index in [1.54, 1.807) is 0 Å². The topological polar surface area (TPSA) is 228 Å². The Balaban J connectivity index is 2.85. The molecule has 0 saturated carbocycles. The molecule has 0 aliphatic carbocycles. The SMILES string of the molecule is O=[N+]([O-])c1cc([N+](=O)[O-])c(Nc2c([N+](=O)[O-])cccc2[N+](=O)[O-])c([N+](=O)[O-])c1. The average molecular weight is 394 g/mol. The van der Waals surface area contributed by atoms with Gasteiger partial charge in [0.15, 0.2) is 11.4 Å². The third kappa shape index (κ3) is 3.59. The normalized spacial score (nSPS) is 10.1. The van der Waals surface area contributed by atoms with Crippen LogP contribution in [0.2, 0.25) is 0 Å². The molecule has 0 aliphatic heterocycles. The molecule has 2 aromatic rings. The number of benzene rings is 2. The first-order chi connectivity index (χ1) is 13.0. The highest BCUT2D eigenvalue weighted by atomic mass is 16.6. The van der Waals surface area contributed by atoms with Crippen LogP contribution in [0.15, 0.2) is 30.3 Å². The molecule has 0 atom stereocenters. The van der Waals surface area contributed by atoms with Crippen LogP contribution in [-0.2, 0) is 0 Å². The van der Waals surface area contributed by atoms with E-state index in [9.17, 15) is 50.6 Å². The molecule has 144 valence electrons. The van der Waals surface area contributed by atoms with Gasteiger partial charge in [-0.15, -0.1) is 0 Å². The Hall–Kier alpha value is -4.76. The second kappa shape index (κ2) is 7.23. The molecule has 0 radical (unpaired) electrons. The van der Waals surface area contributed by atoms with Crippen molar-refractivity contribution in [2.75, 3.05) is 5.32 Å². The van der Waals surface area contributed by atoms with Crippen LogP contribution in [0.25, 0.3) is 0 Å². The van der Waals surface area contributed by atoms with Crippen LogP contribution >= 0.6 is 0 Å². The number of hydrogen-bond donors (Lipinski definition) is 1. The van der Waals surface area contributed by atoms with Crippen LogP contribution < -0.4 is 5.32 Å². The minimum absolute atomic E-state index is 0.385. The van der Waals surface area contributed by atoms with Crippen molar-refractivity contribution in [3.05, 3.63) is 80.9 Å². The maximum atomic E-state index is 11.3. The first-order valence-corrected chi connectivity index (χ1v) is 6.84. The van der Waals surface area contributed by atoms with Crippen LogP contribution in [0.5, 0.6) is 0 Å². The minimum Gasteiger partial charge on any atom is -0.333 e. The summed E-state index contributed by atoms with van der Waals surface area (Å²) in [5.41, 5.74) is -6.97. The van der Waals surface area contributed by atoms with Crippen molar-refractivity contribution in [2.45, 2.75) is 0 Å². The van der Waals surface area contributed by atoms with Gasteiger partial charge in [0.2, 0.25) is 0 Å². The van der Waals surface area contributed by atoms with Gasteiger partial charge in [-0.25, -0.2) is 0 Å². The Labute approximate surface area is 151 Å². The monoisotopic (exact) mass is 394 g/mol. The molecule has 2 rings (SSSR count). The number of para-hydroxylation sites is 1. The summed E-state index contributed by atoms with van der Waals surface area (Å²) in [4.78, 5) is 50.1. The molecule has 16 heteroatoms. The Bertz CT molecular complexity index is 984. The molecule has 0 heterocycles. The van der Waals surface area contributed by atoms with Gasteiger partial charge in [-0.1, -0.05) is 0 Å². The number of nitrogens with zero attached hydrogens (tertiary/aromatic N) is 5. The lowest BCUT2D eigenvalue weighted by atomic mass is 10.1. The highest BCUT2D eigenvalue weighted by Gasteiger charge is 2.34. The first kappa shape index (κ1) is 19.6. The lowest BCUT2D eigenvalue weighted by molar-refractivity contribution is -0.401. The fourth-order valence-corrected chi connectivity index (χ4v) is 2.20. The molecule has 28 heavy (non-hydrogen) atoms. The number of rotatable bonds is 7. The van der Waals surface area contributed by atoms with Gasteiger partial charge in [0.1, 0.15) is 0 Å². The molecule has 1 N–H and O–H groups in total. The van der Waals surface area contributed by atoms with E-state index in [0.29, 0.717) is 12.1 Å². The fourth-order valence-electron chi connectivity index (χ4n) is 2.20. The van der Waals surface area contributed by atoms with E-state index in [-0.39, 0.29) is 0 Å². The second-order valence-electron chi connectivity index (χ2n) is 4.94. The fraction of sp³-hybridized carbons (Fsp3) is 0. The van der Waals surface area contributed by atoms with Crippen molar-refractivity contribution in [1.82, 2.24) is 0 Å². The summed E-state index contributed by atoms with van der Waals surface area (Å²) in [5, 5.41) is 57.7. The molecule has 0 bridgehead atoms. The number of anilines is 2. The number of nitro groups is 5.